The summed E-state index contributed by atoms with van der Waals surface area (Å²) in [6.45, 7) is 2.87. The van der Waals surface area contributed by atoms with Crippen LogP contribution in [0.25, 0.3) is 0 Å². The van der Waals surface area contributed by atoms with Gasteiger partial charge in [-0.25, -0.2) is 8.42 Å². The minimum absolute atomic E-state index is 0.115. The molecule has 1 aliphatic carbocycles. The molecule has 0 aromatic carbocycles. The van der Waals surface area contributed by atoms with E-state index in [1.807, 2.05) is 6.92 Å². The van der Waals surface area contributed by atoms with Crippen LogP contribution in [-0.2, 0) is 18.5 Å². The van der Waals surface area contributed by atoms with Crippen LogP contribution in [0.15, 0.2) is 0 Å². The molecule has 16 heavy (non-hydrogen) atoms. The molecular formula is C10H19ClO4S. The first-order valence-corrected chi connectivity index (χ1v) is 8.14. The van der Waals surface area contributed by atoms with E-state index in [9.17, 15) is 8.42 Å². The third kappa shape index (κ3) is 6.03. The Kier molecular flexibility index (Phi) is 6.03. The first-order valence-electron chi connectivity index (χ1n) is 5.67. The molecule has 1 aliphatic rings. The molecule has 0 aliphatic heterocycles. The molecule has 0 spiro atoms. The second kappa shape index (κ2) is 6.79. The molecule has 0 amide bonds. The van der Waals surface area contributed by atoms with E-state index in [4.69, 9.17) is 20.2 Å². The Bertz CT molecular complexity index is 289. The minimum atomic E-state index is -3.43. The van der Waals surface area contributed by atoms with Crippen LogP contribution in [-0.4, -0.2) is 39.6 Å². The Hall–Kier alpha value is 0.160. The standard InChI is InChI=1S/C10H19ClO4S/c1-2-14-9-4-3-5-10(8-9)15-6-7-16(11,12)13/h9-10H,2-8H2,1H3. The van der Waals surface area contributed by atoms with Crippen molar-refractivity contribution in [3.05, 3.63) is 0 Å². The van der Waals surface area contributed by atoms with E-state index in [0.717, 1.165) is 25.7 Å². The van der Waals surface area contributed by atoms with Crippen LogP contribution in [0.2, 0.25) is 0 Å². The fourth-order valence-electron chi connectivity index (χ4n) is 1.95. The lowest BCUT2D eigenvalue weighted by atomic mass is 9.95. The number of rotatable bonds is 6. The number of halogens is 1. The highest BCUT2D eigenvalue weighted by molar-refractivity contribution is 8.13. The molecule has 0 aromatic rings. The first-order chi connectivity index (χ1) is 7.51. The summed E-state index contributed by atoms with van der Waals surface area (Å²) < 4.78 is 32.4. The van der Waals surface area contributed by atoms with Gasteiger partial charge in [0, 0.05) is 17.3 Å². The summed E-state index contributed by atoms with van der Waals surface area (Å²) in [4.78, 5) is 0. The maximum absolute atomic E-state index is 10.7. The fraction of sp³-hybridized carbons (Fsp3) is 1.00. The second-order valence-electron chi connectivity index (χ2n) is 3.98. The summed E-state index contributed by atoms with van der Waals surface area (Å²) in [5.74, 6) is -0.121. The SMILES string of the molecule is CCOC1CCCC(OCCS(=O)(=O)Cl)C1. The van der Waals surface area contributed by atoms with E-state index >= 15 is 0 Å². The molecule has 0 N–H and O–H groups in total. The summed E-state index contributed by atoms with van der Waals surface area (Å²) in [5, 5.41) is 0. The van der Waals surface area contributed by atoms with Crippen molar-refractivity contribution in [1.29, 1.82) is 0 Å². The predicted octanol–water partition coefficient (Wildman–Crippen LogP) is 1.92. The van der Waals surface area contributed by atoms with Crippen molar-refractivity contribution in [2.45, 2.75) is 44.8 Å². The Morgan fingerprint density at radius 2 is 1.88 bits per heavy atom. The molecule has 96 valence electrons. The highest BCUT2D eigenvalue weighted by Gasteiger charge is 2.22. The van der Waals surface area contributed by atoms with Gasteiger partial charge in [0.15, 0.2) is 0 Å². The summed E-state index contributed by atoms with van der Waals surface area (Å²) in [7, 11) is 1.66. The van der Waals surface area contributed by atoms with Gasteiger partial charge >= 0.3 is 0 Å². The van der Waals surface area contributed by atoms with Gasteiger partial charge in [0.05, 0.1) is 24.6 Å². The maximum atomic E-state index is 10.7. The molecule has 0 saturated heterocycles. The van der Waals surface area contributed by atoms with Crippen LogP contribution in [0.1, 0.15) is 32.6 Å². The molecule has 6 heteroatoms. The molecule has 1 fully saturated rings. The Morgan fingerprint density at radius 1 is 1.25 bits per heavy atom. The Labute approximate surface area is 102 Å². The molecule has 0 aromatic heterocycles. The topological polar surface area (TPSA) is 52.6 Å². The monoisotopic (exact) mass is 270 g/mol. The number of hydrogen-bond acceptors (Lipinski definition) is 4. The molecule has 1 rings (SSSR count). The van der Waals surface area contributed by atoms with E-state index in [2.05, 4.69) is 0 Å². The summed E-state index contributed by atoms with van der Waals surface area (Å²) in [5.41, 5.74) is 0. The van der Waals surface area contributed by atoms with Crippen molar-refractivity contribution in [3.8, 4) is 0 Å². The van der Waals surface area contributed by atoms with Gasteiger partial charge in [0.2, 0.25) is 9.05 Å². The van der Waals surface area contributed by atoms with Gasteiger partial charge < -0.3 is 9.47 Å². The number of ether oxygens (including phenoxy) is 2. The van der Waals surface area contributed by atoms with Crippen molar-refractivity contribution >= 4 is 19.7 Å². The second-order valence-corrected chi connectivity index (χ2v) is 6.88. The summed E-state index contributed by atoms with van der Waals surface area (Å²) >= 11 is 0. The molecule has 0 heterocycles. The average Bonchev–Trinajstić information content (AvgIpc) is 2.17. The number of hydrogen-bond donors (Lipinski definition) is 0. The third-order valence-corrected chi connectivity index (χ3v) is 3.78. The van der Waals surface area contributed by atoms with E-state index in [0.29, 0.717) is 6.61 Å². The molecule has 2 unspecified atom stereocenters. The third-order valence-electron chi connectivity index (χ3n) is 2.66. The summed E-state index contributed by atoms with van der Waals surface area (Å²) in [6, 6.07) is 0. The van der Waals surface area contributed by atoms with Crippen molar-refractivity contribution in [3.63, 3.8) is 0 Å². The normalized spacial score (nSPS) is 26.9. The van der Waals surface area contributed by atoms with Gasteiger partial charge in [-0.2, -0.15) is 0 Å². The zero-order chi connectivity index (χ0) is 12.0. The largest absolute Gasteiger partial charge is 0.378 e. The molecular weight excluding hydrogens is 252 g/mol. The van der Waals surface area contributed by atoms with Gasteiger partial charge in [-0.15, -0.1) is 0 Å². The van der Waals surface area contributed by atoms with Crippen LogP contribution >= 0.6 is 10.7 Å². The van der Waals surface area contributed by atoms with Crippen LogP contribution in [0.4, 0.5) is 0 Å². The lowest BCUT2D eigenvalue weighted by Crippen LogP contribution is -2.29. The molecule has 1 saturated carbocycles. The average molecular weight is 271 g/mol. The van der Waals surface area contributed by atoms with E-state index in [1.165, 1.54) is 0 Å². The Balaban J connectivity index is 2.21. The van der Waals surface area contributed by atoms with Crippen LogP contribution in [0, 0.1) is 0 Å². The zero-order valence-electron chi connectivity index (χ0n) is 9.52. The van der Waals surface area contributed by atoms with Gasteiger partial charge in [-0.1, -0.05) is 0 Å². The van der Waals surface area contributed by atoms with Crippen LogP contribution in [0.5, 0.6) is 0 Å². The van der Waals surface area contributed by atoms with Gasteiger partial charge in [0.25, 0.3) is 0 Å². The van der Waals surface area contributed by atoms with Crippen molar-refractivity contribution in [2.75, 3.05) is 19.0 Å². The van der Waals surface area contributed by atoms with Gasteiger partial charge in [0.1, 0.15) is 0 Å². The van der Waals surface area contributed by atoms with E-state index in [1.54, 1.807) is 0 Å². The van der Waals surface area contributed by atoms with Crippen molar-refractivity contribution in [2.24, 2.45) is 0 Å². The lowest BCUT2D eigenvalue weighted by Gasteiger charge is -2.28. The van der Waals surface area contributed by atoms with Gasteiger partial charge in [-0.05, 0) is 32.6 Å². The van der Waals surface area contributed by atoms with Gasteiger partial charge in [-0.3, -0.25) is 0 Å². The highest BCUT2D eigenvalue weighted by Crippen LogP contribution is 2.23. The molecule has 2 atom stereocenters. The predicted molar refractivity (Wildman–Crippen MR) is 63.3 cm³/mol. The first kappa shape index (κ1) is 14.2. The zero-order valence-corrected chi connectivity index (χ0v) is 11.1. The van der Waals surface area contributed by atoms with Crippen LogP contribution < -0.4 is 0 Å². The summed E-state index contributed by atoms with van der Waals surface area (Å²) in [6.07, 6.45) is 4.35. The van der Waals surface area contributed by atoms with Crippen molar-refractivity contribution < 1.29 is 17.9 Å². The Morgan fingerprint density at radius 3 is 2.44 bits per heavy atom. The quantitative estimate of drug-likeness (QED) is 0.692. The maximum Gasteiger partial charge on any atom is 0.234 e. The van der Waals surface area contributed by atoms with Crippen LogP contribution in [0.3, 0.4) is 0 Å². The molecule has 0 bridgehead atoms. The van der Waals surface area contributed by atoms with Crippen molar-refractivity contribution in [1.82, 2.24) is 0 Å². The van der Waals surface area contributed by atoms with E-state index < -0.39 is 9.05 Å². The fourth-order valence-corrected chi connectivity index (χ4v) is 2.44. The lowest BCUT2D eigenvalue weighted by molar-refractivity contribution is -0.0374. The minimum Gasteiger partial charge on any atom is -0.378 e. The van der Waals surface area contributed by atoms with E-state index in [-0.39, 0.29) is 24.6 Å². The molecule has 0 radical (unpaired) electrons. The smallest absolute Gasteiger partial charge is 0.234 e. The highest BCUT2D eigenvalue weighted by atomic mass is 35.7. The molecule has 4 nitrogen and oxygen atoms in total.